The molecule has 0 radical (unpaired) electrons. The number of hydrogen-bond donors (Lipinski definition) is 1. The Morgan fingerprint density at radius 3 is 2.64 bits per heavy atom. The van der Waals surface area contributed by atoms with E-state index in [1.165, 1.54) is 16.9 Å². The first-order valence-corrected chi connectivity index (χ1v) is 9.04. The maximum absolute atomic E-state index is 12.2. The van der Waals surface area contributed by atoms with Gasteiger partial charge < -0.3 is 5.32 Å². The van der Waals surface area contributed by atoms with E-state index in [0.29, 0.717) is 18.7 Å². The Bertz CT molecular complexity index is 990. The topological polar surface area (TPSA) is 46.9 Å². The first-order chi connectivity index (χ1) is 12.3. The molecule has 0 saturated carbocycles. The number of rotatable bonds is 5. The molecular weight excluding hydrogens is 330 g/mol. The average Bonchev–Trinajstić information content (AvgIpc) is 3.30. The number of para-hydroxylation sites is 1. The van der Waals surface area contributed by atoms with Crippen LogP contribution >= 0.6 is 11.3 Å². The third-order valence-electron chi connectivity index (χ3n) is 4.11. The second-order valence-electron chi connectivity index (χ2n) is 5.80. The van der Waals surface area contributed by atoms with Gasteiger partial charge in [-0.25, -0.2) is 0 Å². The maximum atomic E-state index is 12.2. The fourth-order valence-electron chi connectivity index (χ4n) is 2.86. The Morgan fingerprint density at radius 2 is 1.84 bits per heavy atom. The van der Waals surface area contributed by atoms with E-state index < -0.39 is 0 Å². The van der Waals surface area contributed by atoms with Crippen molar-refractivity contribution in [3.05, 3.63) is 88.2 Å². The predicted molar refractivity (Wildman–Crippen MR) is 101 cm³/mol. The molecule has 25 heavy (non-hydrogen) atoms. The summed E-state index contributed by atoms with van der Waals surface area (Å²) in [6, 6.07) is 20.2. The molecule has 0 unspecified atom stereocenters. The Labute approximate surface area is 149 Å². The smallest absolute Gasteiger partial charge is 0.252 e. The predicted octanol–water partition coefficient (Wildman–Crippen LogP) is 4.08. The van der Waals surface area contributed by atoms with Crippen LogP contribution in [-0.2, 0) is 13.1 Å². The summed E-state index contributed by atoms with van der Waals surface area (Å²) in [7, 11) is 0. The molecule has 2 aromatic heterocycles. The second kappa shape index (κ2) is 6.91. The van der Waals surface area contributed by atoms with Gasteiger partial charge in [0.1, 0.15) is 0 Å². The number of nitrogens with zero attached hydrogens (tertiary/aromatic N) is 2. The molecule has 5 heteroatoms. The van der Waals surface area contributed by atoms with Gasteiger partial charge in [-0.05, 0) is 23.1 Å². The van der Waals surface area contributed by atoms with Crippen LogP contribution < -0.4 is 5.32 Å². The quantitative estimate of drug-likeness (QED) is 0.591. The molecule has 4 nitrogen and oxygen atoms in total. The monoisotopic (exact) mass is 347 g/mol. The Balaban J connectivity index is 1.60. The van der Waals surface area contributed by atoms with Crippen molar-refractivity contribution < 1.29 is 4.79 Å². The van der Waals surface area contributed by atoms with Crippen LogP contribution in [0.15, 0.2) is 71.4 Å². The number of nitrogens with one attached hydrogen (secondary N) is 1. The summed E-state index contributed by atoms with van der Waals surface area (Å²) in [6.07, 6.45) is 0. The van der Waals surface area contributed by atoms with Crippen LogP contribution in [0.2, 0.25) is 0 Å². The van der Waals surface area contributed by atoms with Gasteiger partial charge in [0, 0.05) is 16.3 Å². The van der Waals surface area contributed by atoms with E-state index in [9.17, 15) is 4.79 Å². The Kier molecular flexibility index (Phi) is 4.31. The number of amides is 1. The van der Waals surface area contributed by atoms with Crippen molar-refractivity contribution in [2.45, 2.75) is 13.1 Å². The van der Waals surface area contributed by atoms with Gasteiger partial charge in [0.25, 0.3) is 5.91 Å². The van der Waals surface area contributed by atoms with Crippen molar-refractivity contribution in [3.8, 4) is 0 Å². The molecule has 124 valence electrons. The minimum atomic E-state index is -0.0667. The van der Waals surface area contributed by atoms with Crippen LogP contribution in [-0.4, -0.2) is 15.7 Å². The summed E-state index contributed by atoms with van der Waals surface area (Å²) in [5.74, 6) is -0.0667. The Hall–Kier alpha value is -2.92. The molecule has 0 aliphatic heterocycles. The van der Waals surface area contributed by atoms with Gasteiger partial charge in [0.15, 0.2) is 0 Å². The maximum Gasteiger partial charge on any atom is 0.252 e. The fourth-order valence-corrected chi connectivity index (χ4v) is 3.50. The highest BCUT2D eigenvalue weighted by atomic mass is 32.1. The van der Waals surface area contributed by atoms with E-state index in [2.05, 4.69) is 29.6 Å². The highest BCUT2D eigenvalue weighted by Gasteiger charge is 2.12. The second-order valence-corrected chi connectivity index (χ2v) is 6.58. The van der Waals surface area contributed by atoms with Crippen molar-refractivity contribution in [3.63, 3.8) is 0 Å². The fraction of sp³-hybridized carbons (Fsp3) is 0.100. The van der Waals surface area contributed by atoms with Crippen LogP contribution in [0.3, 0.4) is 0 Å². The molecule has 0 saturated heterocycles. The van der Waals surface area contributed by atoms with Gasteiger partial charge in [-0.1, -0.05) is 48.5 Å². The molecule has 0 fully saturated rings. The van der Waals surface area contributed by atoms with E-state index in [4.69, 9.17) is 5.10 Å². The molecule has 1 N–H and O–H groups in total. The summed E-state index contributed by atoms with van der Waals surface area (Å²) >= 11 is 1.52. The first kappa shape index (κ1) is 15.6. The number of hydrogen-bond acceptors (Lipinski definition) is 3. The third-order valence-corrected chi connectivity index (χ3v) is 4.79. The largest absolute Gasteiger partial charge is 0.346 e. The van der Waals surface area contributed by atoms with E-state index >= 15 is 0 Å². The van der Waals surface area contributed by atoms with E-state index in [1.807, 2.05) is 51.8 Å². The number of carbonyl (C=O) groups excluding carboxylic acids is 1. The third kappa shape index (κ3) is 3.32. The minimum absolute atomic E-state index is 0.0667. The van der Waals surface area contributed by atoms with E-state index in [1.54, 1.807) is 0 Å². The van der Waals surface area contributed by atoms with Crippen LogP contribution in [0.5, 0.6) is 0 Å². The summed E-state index contributed by atoms with van der Waals surface area (Å²) in [5, 5.41) is 12.5. The molecule has 4 rings (SSSR count). The zero-order valence-corrected chi connectivity index (χ0v) is 14.4. The van der Waals surface area contributed by atoms with Gasteiger partial charge in [-0.2, -0.15) is 16.4 Å². The molecular formula is C20H17N3OS. The van der Waals surface area contributed by atoms with Crippen molar-refractivity contribution in [1.29, 1.82) is 0 Å². The zero-order chi connectivity index (χ0) is 17.1. The molecule has 4 aromatic rings. The summed E-state index contributed by atoms with van der Waals surface area (Å²) in [5.41, 5.74) is 3.85. The van der Waals surface area contributed by atoms with Crippen molar-refractivity contribution in [2.24, 2.45) is 0 Å². The lowest BCUT2D eigenvalue weighted by Gasteiger charge is -2.03. The molecule has 0 atom stereocenters. The van der Waals surface area contributed by atoms with Crippen molar-refractivity contribution in [2.75, 3.05) is 0 Å². The lowest BCUT2D eigenvalue weighted by molar-refractivity contribution is 0.0951. The van der Waals surface area contributed by atoms with E-state index in [-0.39, 0.29) is 5.91 Å². The first-order valence-electron chi connectivity index (χ1n) is 8.10. The van der Waals surface area contributed by atoms with Crippen LogP contribution in [0.25, 0.3) is 10.9 Å². The molecule has 2 aromatic carbocycles. The van der Waals surface area contributed by atoms with E-state index in [0.717, 1.165) is 16.6 Å². The lowest BCUT2D eigenvalue weighted by Crippen LogP contribution is -2.22. The zero-order valence-electron chi connectivity index (χ0n) is 13.6. The van der Waals surface area contributed by atoms with Crippen molar-refractivity contribution >= 4 is 28.1 Å². The molecule has 2 heterocycles. The SMILES string of the molecule is O=C(NCc1nn(Cc2ccccc2)c2ccccc12)c1ccsc1. The summed E-state index contributed by atoms with van der Waals surface area (Å²) in [6.45, 7) is 1.12. The number of fused-ring (bicyclic) bond motifs is 1. The number of aromatic nitrogens is 2. The van der Waals surface area contributed by atoms with Gasteiger partial charge >= 0.3 is 0 Å². The van der Waals surface area contributed by atoms with Gasteiger partial charge in [-0.15, -0.1) is 0 Å². The number of carbonyl (C=O) groups is 1. The molecule has 1 amide bonds. The minimum Gasteiger partial charge on any atom is -0.346 e. The highest BCUT2D eigenvalue weighted by Crippen LogP contribution is 2.19. The average molecular weight is 347 g/mol. The van der Waals surface area contributed by atoms with Crippen LogP contribution in [0.1, 0.15) is 21.6 Å². The van der Waals surface area contributed by atoms with Gasteiger partial charge in [0.2, 0.25) is 0 Å². The van der Waals surface area contributed by atoms with Gasteiger partial charge in [0.05, 0.1) is 24.3 Å². The molecule has 0 aliphatic rings. The van der Waals surface area contributed by atoms with Crippen LogP contribution in [0, 0.1) is 0 Å². The number of thiophene rings is 1. The van der Waals surface area contributed by atoms with Crippen molar-refractivity contribution in [1.82, 2.24) is 15.1 Å². The molecule has 0 bridgehead atoms. The summed E-state index contributed by atoms with van der Waals surface area (Å²) < 4.78 is 2.00. The Morgan fingerprint density at radius 1 is 1.04 bits per heavy atom. The van der Waals surface area contributed by atoms with Crippen LogP contribution in [0.4, 0.5) is 0 Å². The summed E-state index contributed by atoms with van der Waals surface area (Å²) in [4.78, 5) is 12.2. The standard InChI is InChI=1S/C20H17N3OS/c24-20(16-10-11-25-14-16)21-12-18-17-8-4-5-9-19(17)23(22-18)13-15-6-2-1-3-7-15/h1-11,14H,12-13H2,(H,21,24). The molecule has 0 spiro atoms. The molecule has 0 aliphatic carbocycles. The normalized spacial score (nSPS) is 10.9. The number of benzene rings is 2. The lowest BCUT2D eigenvalue weighted by atomic mass is 10.2. The highest BCUT2D eigenvalue weighted by molar-refractivity contribution is 7.08. The van der Waals surface area contributed by atoms with Gasteiger partial charge in [-0.3, -0.25) is 9.48 Å².